The Balaban J connectivity index is 1.52. The van der Waals surface area contributed by atoms with Crippen LogP contribution in [0.1, 0.15) is 11.1 Å². The van der Waals surface area contributed by atoms with Crippen molar-refractivity contribution < 1.29 is 24.4 Å². The summed E-state index contributed by atoms with van der Waals surface area (Å²) in [5.74, 6) is 0. The third-order valence-electron chi connectivity index (χ3n) is 3.99. The summed E-state index contributed by atoms with van der Waals surface area (Å²) in [5, 5.41) is 19.8. The lowest BCUT2D eigenvalue weighted by molar-refractivity contribution is -0.137. The van der Waals surface area contributed by atoms with Crippen LogP contribution >= 0.6 is 0 Å². The highest BCUT2D eigenvalue weighted by Crippen LogP contribution is 2.24. The molecular formula is C19H22O5. The van der Waals surface area contributed by atoms with Gasteiger partial charge in [0.25, 0.3) is 0 Å². The molecule has 5 heteroatoms. The third-order valence-corrected chi connectivity index (χ3v) is 3.99. The quantitative estimate of drug-likeness (QED) is 0.811. The van der Waals surface area contributed by atoms with Gasteiger partial charge in [-0.3, -0.25) is 0 Å². The van der Waals surface area contributed by atoms with Gasteiger partial charge in [0.05, 0.1) is 19.8 Å². The summed E-state index contributed by atoms with van der Waals surface area (Å²) in [6.07, 6.45) is -3.48. The van der Waals surface area contributed by atoms with Crippen LogP contribution in [0, 0.1) is 0 Å². The predicted molar refractivity (Wildman–Crippen MR) is 88.0 cm³/mol. The molecule has 0 unspecified atom stereocenters. The highest BCUT2D eigenvalue weighted by Gasteiger charge is 2.43. The second kappa shape index (κ2) is 8.37. The van der Waals surface area contributed by atoms with Gasteiger partial charge < -0.3 is 24.4 Å². The smallest absolute Gasteiger partial charge is 0.184 e. The van der Waals surface area contributed by atoms with Gasteiger partial charge in [-0.2, -0.15) is 0 Å². The van der Waals surface area contributed by atoms with Crippen LogP contribution < -0.4 is 0 Å². The first-order valence-electron chi connectivity index (χ1n) is 8.03. The van der Waals surface area contributed by atoms with Gasteiger partial charge in [-0.15, -0.1) is 0 Å². The number of aliphatic hydroxyl groups excluding tert-OH is 2. The molecule has 0 radical (unpaired) electrons. The van der Waals surface area contributed by atoms with Gasteiger partial charge >= 0.3 is 0 Å². The van der Waals surface area contributed by atoms with Crippen molar-refractivity contribution in [2.24, 2.45) is 0 Å². The summed E-state index contributed by atoms with van der Waals surface area (Å²) in [4.78, 5) is 0. The predicted octanol–water partition coefficient (Wildman–Crippen LogP) is 1.87. The Morgan fingerprint density at radius 1 is 0.833 bits per heavy atom. The molecule has 0 aliphatic carbocycles. The fourth-order valence-corrected chi connectivity index (χ4v) is 2.69. The molecule has 1 aliphatic heterocycles. The third kappa shape index (κ3) is 4.41. The molecule has 0 spiro atoms. The Labute approximate surface area is 141 Å². The van der Waals surface area contributed by atoms with Crippen LogP contribution in [-0.4, -0.2) is 41.4 Å². The van der Waals surface area contributed by atoms with E-state index in [4.69, 9.17) is 14.2 Å². The van der Waals surface area contributed by atoms with Crippen LogP contribution in [-0.2, 0) is 27.4 Å². The Morgan fingerprint density at radius 3 is 2.04 bits per heavy atom. The topological polar surface area (TPSA) is 68.2 Å². The molecule has 1 fully saturated rings. The highest BCUT2D eigenvalue weighted by molar-refractivity contribution is 5.14. The van der Waals surface area contributed by atoms with Gasteiger partial charge in [0.2, 0.25) is 0 Å². The maximum Gasteiger partial charge on any atom is 0.184 e. The Hall–Kier alpha value is -1.76. The Morgan fingerprint density at radius 2 is 1.42 bits per heavy atom. The van der Waals surface area contributed by atoms with Crippen molar-refractivity contribution in [2.45, 2.75) is 37.8 Å². The molecule has 0 bridgehead atoms. The molecule has 2 aromatic carbocycles. The van der Waals surface area contributed by atoms with Gasteiger partial charge in [-0.1, -0.05) is 60.7 Å². The van der Waals surface area contributed by atoms with Crippen LogP contribution in [0.2, 0.25) is 0 Å². The van der Waals surface area contributed by atoms with Crippen LogP contribution in [0.25, 0.3) is 0 Å². The zero-order chi connectivity index (χ0) is 16.8. The Kier molecular flexibility index (Phi) is 5.96. The second-order valence-electron chi connectivity index (χ2n) is 5.82. The largest absolute Gasteiger partial charge is 0.385 e. The number of rotatable bonds is 7. The highest BCUT2D eigenvalue weighted by atomic mass is 16.7. The van der Waals surface area contributed by atoms with Gasteiger partial charge in [-0.25, -0.2) is 0 Å². The van der Waals surface area contributed by atoms with E-state index in [-0.39, 0.29) is 6.61 Å². The number of ether oxygens (including phenoxy) is 3. The molecule has 3 rings (SSSR count). The van der Waals surface area contributed by atoms with Crippen molar-refractivity contribution >= 4 is 0 Å². The standard InChI is InChI=1S/C19H22O5/c20-17-18(23-12-15-9-5-2-6-10-15)16(24-19(17)21)13-22-11-14-7-3-1-4-8-14/h1-10,16-21H,11-13H2/t16-,17-,18+,19-/m1/s1. The minimum absolute atomic E-state index is 0.239. The summed E-state index contributed by atoms with van der Waals surface area (Å²) < 4.78 is 16.8. The van der Waals surface area contributed by atoms with E-state index >= 15 is 0 Å². The van der Waals surface area contributed by atoms with Gasteiger partial charge in [0, 0.05) is 0 Å². The van der Waals surface area contributed by atoms with E-state index in [2.05, 4.69) is 0 Å². The maximum atomic E-state index is 10.1. The van der Waals surface area contributed by atoms with Crippen molar-refractivity contribution in [1.29, 1.82) is 0 Å². The summed E-state index contributed by atoms with van der Waals surface area (Å²) >= 11 is 0. The number of aliphatic hydroxyl groups is 2. The molecule has 2 N–H and O–H groups in total. The summed E-state index contributed by atoms with van der Waals surface area (Å²) in [6.45, 7) is 1.02. The number of hydrogen-bond acceptors (Lipinski definition) is 5. The monoisotopic (exact) mass is 330 g/mol. The number of benzene rings is 2. The van der Waals surface area contributed by atoms with Crippen molar-refractivity contribution in [2.75, 3.05) is 6.61 Å². The fourth-order valence-electron chi connectivity index (χ4n) is 2.69. The lowest BCUT2D eigenvalue weighted by Gasteiger charge is -2.20. The lowest BCUT2D eigenvalue weighted by atomic mass is 10.1. The van der Waals surface area contributed by atoms with Crippen molar-refractivity contribution in [1.82, 2.24) is 0 Å². The van der Waals surface area contributed by atoms with E-state index in [0.717, 1.165) is 11.1 Å². The molecule has 0 aromatic heterocycles. The molecule has 1 saturated heterocycles. The van der Waals surface area contributed by atoms with Crippen LogP contribution in [0.4, 0.5) is 0 Å². The fraction of sp³-hybridized carbons (Fsp3) is 0.368. The van der Waals surface area contributed by atoms with E-state index in [0.29, 0.717) is 13.2 Å². The van der Waals surface area contributed by atoms with E-state index in [1.807, 2.05) is 60.7 Å². The van der Waals surface area contributed by atoms with Gasteiger partial charge in [0.1, 0.15) is 18.3 Å². The molecule has 24 heavy (non-hydrogen) atoms. The molecule has 0 amide bonds. The van der Waals surface area contributed by atoms with Crippen LogP contribution in [0.5, 0.6) is 0 Å². The average Bonchev–Trinajstić information content (AvgIpc) is 2.89. The summed E-state index contributed by atoms with van der Waals surface area (Å²) in [7, 11) is 0. The maximum absolute atomic E-state index is 10.1. The first-order valence-corrected chi connectivity index (χ1v) is 8.03. The van der Waals surface area contributed by atoms with Gasteiger partial charge in [-0.05, 0) is 11.1 Å². The molecular weight excluding hydrogens is 308 g/mol. The van der Waals surface area contributed by atoms with Crippen molar-refractivity contribution in [3.63, 3.8) is 0 Å². The minimum Gasteiger partial charge on any atom is -0.385 e. The van der Waals surface area contributed by atoms with E-state index in [9.17, 15) is 10.2 Å². The van der Waals surface area contributed by atoms with Crippen molar-refractivity contribution in [3.8, 4) is 0 Å². The van der Waals surface area contributed by atoms with Gasteiger partial charge in [0.15, 0.2) is 6.29 Å². The van der Waals surface area contributed by atoms with E-state index < -0.39 is 24.6 Å². The molecule has 0 saturated carbocycles. The van der Waals surface area contributed by atoms with Crippen LogP contribution in [0.3, 0.4) is 0 Å². The SMILES string of the molecule is O[C@@H]1[C@@H](OCc2ccccc2)[C@@H](COCc2ccccc2)O[C@H]1O. The van der Waals surface area contributed by atoms with E-state index in [1.165, 1.54) is 0 Å². The van der Waals surface area contributed by atoms with Crippen molar-refractivity contribution in [3.05, 3.63) is 71.8 Å². The first kappa shape index (κ1) is 17.1. The molecule has 4 atom stereocenters. The Bertz CT molecular complexity index is 604. The zero-order valence-corrected chi connectivity index (χ0v) is 13.3. The first-order chi connectivity index (χ1) is 11.7. The average molecular weight is 330 g/mol. The number of hydrogen-bond donors (Lipinski definition) is 2. The summed E-state index contributed by atoms with van der Waals surface area (Å²) in [6, 6.07) is 19.5. The molecule has 2 aromatic rings. The molecule has 128 valence electrons. The normalized spacial score (nSPS) is 26.6. The van der Waals surface area contributed by atoms with E-state index in [1.54, 1.807) is 0 Å². The molecule has 1 heterocycles. The molecule has 1 aliphatic rings. The lowest BCUT2D eigenvalue weighted by Crippen LogP contribution is -2.37. The minimum atomic E-state index is -1.25. The zero-order valence-electron chi connectivity index (χ0n) is 13.3. The summed E-state index contributed by atoms with van der Waals surface area (Å²) in [5.41, 5.74) is 2.05. The second-order valence-corrected chi connectivity index (χ2v) is 5.82. The van der Waals surface area contributed by atoms with Crippen LogP contribution in [0.15, 0.2) is 60.7 Å². The molecule has 5 nitrogen and oxygen atoms in total.